The van der Waals surface area contributed by atoms with Gasteiger partial charge in [0.2, 0.25) is 5.75 Å². The van der Waals surface area contributed by atoms with Gasteiger partial charge in [-0.05, 0) is 45.3 Å². The first-order valence-electron chi connectivity index (χ1n) is 10.2. The van der Waals surface area contributed by atoms with E-state index in [0.29, 0.717) is 17.5 Å². The highest BCUT2D eigenvalue weighted by Crippen LogP contribution is 2.39. The molecule has 0 bridgehead atoms. The predicted molar refractivity (Wildman–Crippen MR) is 129 cm³/mol. The third-order valence-electron chi connectivity index (χ3n) is 5.18. The van der Waals surface area contributed by atoms with Crippen molar-refractivity contribution in [2.45, 2.75) is 39.2 Å². The molecule has 0 radical (unpaired) electrons. The molecule has 7 nitrogen and oxygen atoms in total. The summed E-state index contributed by atoms with van der Waals surface area (Å²) in [6.45, 7) is 9.03. The highest BCUT2D eigenvalue weighted by Gasteiger charge is 2.22. The van der Waals surface area contributed by atoms with E-state index in [9.17, 15) is 0 Å². The largest absolute Gasteiger partial charge is 0.493 e. The molecule has 1 aliphatic rings. The maximum atomic E-state index is 5.57. The van der Waals surface area contributed by atoms with E-state index in [4.69, 9.17) is 19.2 Å². The lowest BCUT2D eigenvalue weighted by Gasteiger charge is -2.21. The first-order valence-corrected chi connectivity index (χ1v) is 10.2. The fourth-order valence-corrected chi connectivity index (χ4v) is 3.73. The Kier molecular flexibility index (Phi) is 12.1. The normalized spacial score (nSPS) is 16.9. The van der Waals surface area contributed by atoms with E-state index in [0.717, 1.165) is 49.9 Å². The van der Waals surface area contributed by atoms with Crippen molar-refractivity contribution in [3.05, 3.63) is 17.7 Å². The number of nitrogens with one attached hydrogen (secondary N) is 2. The Labute approximate surface area is 192 Å². The van der Waals surface area contributed by atoms with E-state index in [1.165, 1.54) is 19.4 Å². The maximum Gasteiger partial charge on any atom is 0.203 e. The summed E-state index contributed by atoms with van der Waals surface area (Å²) in [5.74, 6) is 2.88. The monoisotopic (exact) mass is 520 g/mol. The van der Waals surface area contributed by atoms with Gasteiger partial charge in [-0.2, -0.15) is 0 Å². The minimum atomic E-state index is 0. The molecule has 1 saturated heterocycles. The summed E-state index contributed by atoms with van der Waals surface area (Å²) in [5.41, 5.74) is 1.07. The number of hydrogen-bond donors (Lipinski definition) is 2. The standard InChI is InChI=1S/C21H36N4O3.HI/c1-6-22-21(24-15-17-9-8-14-25(17)7-2)23-13-12-16-10-11-18(26-3)20(28-5)19(16)27-4;/h10-11,17H,6-9,12-15H2,1-5H3,(H2,22,23,24);1H. The molecule has 1 atom stereocenters. The average Bonchev–Trinajstić information content (AvgIpc) is 3.18. The third kappa shape index (κ3) is 7.09. The number of aliphatic imine (C=N–C) groups is 1. The Hall–Kier alpha value is -1.42. The molecule has 166 valence electrons. The summed E-state index contributed by atoms with van der Waals surface area (Å²) in [7, 11) is 4.91. The van der Waals surface area contributed by atoms with Crippen LogP contribution in [0.1, 0.15) is 32.3 Å². The van der Waals surface area contributed by atoms with Gasteiger partial charge in [-0.15, -0.1) is 24.0 Å². The van der Waals surface area contributed by atoms with Crippen molar-refractivity contribution in [3.63, 3.8) is 0 Å². The molecule has 1 heterocycles. The van der Waals surface area contributed by atoms with Crippen LogP contribution in [0.4, 0.5) is 0 Å². The maximum absolute atomic E-state index is 5.57. The zero-order valence-electron chi connectivity index (χ0n) is 18.4. The number of ether oxygens (including phenoxy) is 3. The lowest BCUT2D eigenvalue weighted by atomic mass is 10.1. The van der Waals surface area contributed by atoms with Crippen LogP contribution in [-0.2, 0) is 6.42 Å². The van der Waals surface area contributed by atoms with E-state index in [2.05, 4.69) is 29.4 Å². The zero-order valence-corrected chi connectivity index (χ0v) is 20.7. The van der Waals surface area contributed by atoms with Gasteiger partial charge in [-0.3, -0.25) is 9.89 Å². The fourth-order valence-electron chi connectivity index (χ4n) is 3.73. The van der Waals surface area contributed by atoms with Crippen LogP contribution in [0.5, 0.6) is 17.2 Å². The van der Waals surface area contributed by atoms with Gasteiger partial charge in [0.05, 0.1) is 27.9 Å². The molecule has 0 aromatic heterocycles. The second-order valence-electron chi connectivity index (χ2n) is 6.81. The van der Waals surface area contributed by atoms with Gasteiger partial charge >= 0.3 is 0 Å². The summed E-state index contributed by atoms with van der Waals surface area (Å²) in [5, 5.41) is 6.78. The molecule has 0 amide bonds. The Morgan fingerprint density at radius 2 is 1.86 bits per heavy atom. The molecule has 1 fully saturated rings. The molecule has 0 aliphatic carbocycles. The van der Waals surface area contributed by atoms with E-state index >= 15 is 0 Å². The summed E-state index contributed by atoms with van der Waals surface area (Å²) in [6, 6.07) is 4.49. The van der Waals surface area contributed by atoms with Crippen LogP contribution >= 0.6 is 24.0 Å². The van der Waals surface area contributed by atoms with Crippen LogP contribution in [0.3, 0.4) is 0 Å². The molecule has 0 spiro atoms. The number of hydrogen-bond acceptors (Lipinski definition) is 5. The Morgan fingerprint density at radius 1 is 1.10 bits per heavy atom. The molecule has 2 rings (SSSR count). The first kappa shape index (κ1) is 25.6. The van der Waals surface area contributed by atoms with Gasteiger partial charge in [-0.25, -0.2) is 0 Å². The Morgan fingerprint density at radius 3 is 2.48 bits per heavy atom. The van der Waals surface area contributed by atoms with E-state index in [1.807, 2.05) is 12.1 Å². The summed E-state index contributed by atoms with van der Waals surface area (Å²) in [6.07, 6.45) is 3.30. The lowest BCUT2D eigenvalue weighted by Crippen LogP contribution is -2.40. The molecule has 1 aromatic rings. The van der Waals surface area contributed by atoms with Gasteiger partial charge in [-0.1, -0.05) is 13.0 Å². The van der Waals surface area contributed by atoms with Gasteiger partial charge in [0, 0.05) is 24.7 Å². The second kappa shape index (κ2) is 13.7. The first-order chi connectivity index (χ1) is 13.7. The van der Waals surface area contributed by atoms with E-state index in [-0.39, 0.29) is 24.0 Å². The second-order valence-corrected chi connectivity index (χ2v) is 6.81. The van der Waals surface area contributed by atoms with Crippen molar-refractivity contribution >= 4 is 29.9 Å². The predicted octanol–water partition coefficient (Wildman–Crippen LogP) is 2.91. The Bertz CT molecular complexity index is 643. The third-order valence-corrected chi connectivity index (χ3v) is 5.18. The quantitative estimate of drug-likeness (QED) is 0.281. The molecule has 1 aromatic carbocycles. The van der Waals surface area contributed by atoms with Crippen LogP contribution in [0.25, 0.3) is 0 Å². The molecule has 2 N–H and O–H groups in total. The lowest BCUT2D eigenvalue weighted by molar-refractivity contribution is 0.273. The minimum absolute atomic E-state index is 0. The topological polar surface area (TPSA) is 67.4 Å². The number of likely N-dealkylation sites (tertiary alicyclic amines) is 1. The highest BCUT2D eigenvalue weighted by atomic mass is 127. The molecule has 0 saturated carbocycles. The smallest absolute Gasteiger partial charge is 0.203 e. The van der Waals surface area contributed by atoms with Crippen molar-refractivity contribution in [1.82, 2.24) is 15.5 Å². The van der Waals surface area contributed by atoms with Crippen molar-refractivity contribution < 1.29 is 14.2 Å². The molecular weight excluding hydrogens is 483 g/mol. The van der Waals surface area contributed by atoms with Crippen molar-refractivity contribution in [1.29, 1.82) is 0 Å². The highest BCUT2D eigenvalue weighted by molar-refractivity contribution is 14.0. The van der Waals surface area contributed by atoms with Crippen molar-refractivity contribution in [3.8, 4) is 17.2 Å². The number of methoxy groups -OCH3 is 3. The SMILES string of the molecule is CCNC(=NCC1CCCN1CC)NCCc1ccc(OC)c(OC)c1OC.I. The number of halogens is 1. The van der Waals surface area contributed by atoms with Crippen LogP contribution in [0.2, 0.25) is 0 Å². The van der Waals surface area contributed by atoms with Crippen LogP contribution in [-0.4, -0.2) is 71.0 Å². The van der Waals surface area contributed by atoms with Crippen molar-refractivity contribution in [2.75, 3.05) is 54.1 Å². The van der Waals surface area contributed by atoms with Crippen LogP contribution in [0, 0.1) is 0 Å². The molecule has 29 heavy (non-hydrogen) atoms. The summed E-state index contributed by atoms with van der Waals surface area (Å²) >= 11 is 0. The van der Waals surface area contributed by atoms with E-state index < -0.39 is 0 Å². The van der Waals surface area contributed by atoms with Crippen molar-refractivity contribution in [2.24, 2.45) is 4.99 Å². The minimum Gasteiger partial charge on any atom is -0.493 e. The molecule has 1 aliphatic heterocycles. The number of guanidine groups is 1. The van der Waals surface area contributed by atoms with E-state index in [1.54, 1.807) is 21.3 Å². The van der Waals surface area contributed by atoms with Gasteiger partial charge in [0.15, 0.2) is 17.5 Å². The number of likely N-dealkylation sites (N-methyl/N-ethyl adjacent to an activating group) is 1. The van der Waals surface area contributed by atoms with Gasteiger partial charge in [0.1, 0.15) is 0 Å². The zero-order chi connectivity index (χ0) is 20.4. The number of rotatable bonds is 10. The molecule has 1 unspecified atom stereocenters. The van der Waals surface area contributed by atoms with Gasteiger partial charge in [0.25, 0.3) is 0 Å². The summed E-state index contributed by atoms with van der Waals surface area (Å²) in [4.78, 5) is 7.32. The van der Waals surface area contributed by atoms with Crippen LogP contribution < -0.4 is 24.8 Å². The van der Waals surface area contributed by atoms with Crippen LogP contribution in [0.15, 0.2) is 17.1 Å². The fraction of sp³-hybridized carbons (Fsp3) is 0.667. The number of benzene rings is 1. The average molecular weight is 520 g/mol. The number of nitrogens with zero attached hydrogens (tertiary/aromatic N) is 2. The Balaban J connectivity index is 0.00000420. The molecular formula is C21H37IN4O3. The van der Waals surface area contributed by atoms with Gasteiger partial charge < -0.3 is 24.8 Å². The summed E-state index contributed by atoms with van der Waals surface area (Å²) < 4.78 is 16.4. The molecule has 8 heteroatoms.